The average molecular weight is 368 g/mol. The zero-order valence-electron chi connectivity index (χ0n) is 15.1. The molecule has 1 aromatic heterocycles. The van der Waals surface area contributed by atoms with Gasteiger partial charge in [-0.15, -0.1) is 0 Å². The maximum atomic E-state index is 12.8. The quantitative estimate of drug-likeness (QED) is 0.659. The van der Waals surface area contributed by atoms with Gasteiger partial charge in [0.1, 0.15) is 0 Å². The fourth-order valence-corrected chi connectivity index (χ4v) is 3.65. The fourth-order valence-electron chi connectivity index (χ4n) is 3.65. The molecule has 1 fully saturated rings. The lowest BCUT2D eigenvalue weighted by Crippen LogP contribution is -2.47. The number of urea groups is 1. The number of piperidine rings is 1. The minimum Gasteiger partial charge on any atom is -0.337 e. The molecule has 1 saturated heterocycles. The number of aromatic amines is 1. The molecule has 4 rings (SSSR count). The van der Waals surface area contributed by atoms with E-state index in [0.717, 1.165) is 42.8 Å². The number of carbonyl (C=O) groups is 2. The molecule has 142 valence electrons. The van der Waals surface area contributed by atoms with E-state index in [1.807, 2.05) is 35.2 Å². The van der Waals surface area contributed by atoms with Crippen molar-refractivity contribution >= 4 is 17.6 Å². The molecule has 3 amide bonds. The highest BCUT2D eigenvalue weighted by atomic mass is 16.2. The molecule has 0 radical (unpaired) electrons. The first kappa shape index (κ1) is 17.5. The van der Waals surface area contributed by atoms with Crippen LogP contribution in [0.4, 0.5) is 10.5 Å². The number of para-hydroxylation sites is 1. The summed E-state index contributed by atoms with van der Waals surface area (Å²) in [7, 11) is 0. The van der Waals surface area contributed by atoms with Gasteiger partial charge in [0.25, 0.3) is 5.91 Å². The molecule has 0 unspecified atom stereocenters. The van der Waals surface area contributed by atoms with E-state index in [4.69, 9.17) is 0 Å². The van der Waals surface area contributed by atoms with Crippen LogP contribution in [-0.4, -0.2) is 52.7 Å². The third-order valence-electron chi connectivity index (χ3n) is 5.16. The molecule has 0 bridgehead atoms. The Balaban J connectivity index is 1.29. The SMILES string of the molecule is O=C(Nc1ccccc1)NC1CCN(C(=O)c2n[nH]c3c2CNCC3)CC1. The van der Waals surface area contributed by atoms with Crippen molar-refractivity contribution in [3.05, 3.63) is 47.3 Å². The molecule has 2 aliphatic rings. The van der Waals surface area contributed by atoms with Crippen molar-refractivity contribution in [2.75, 3.05) is 25.0 Å². The number of amides is 3. The summed E-state index contributed by atoms with van der Waals surface area (Å²) in [6.07, 6.45) is 2.34. The van der Waals surface area contributed by atoms with Crippen molar-refractivity contribution in [2.24, 2.45) is 0 Å². The number of likely N-dealkylation sites (tertiary alicyclic amines) is 1. The minimum absolute atomic E-state index is 0.0246. The second-order valence-corrected chi connectivity index (χ2v) is 6.99. The highest BCUT2D eigenvalue weighted by Gasteiger charge is 2.29. The second-order valence-electron chi connectivity index (χ2n) is 6.99. The molecule has 0 saturated carbocycles. The predicted octanol–water partition coefficient (Wildman–Crippen LogP) is 1.48. The van der Waals surface area contributed by atoms with E-state index in [1.54, 1.807) is 0 Å². The number of hydrogen-bond donors (Lipinski definition) is 4. The van der Waals surface area contributed by atoms with Crippen molar-refractivity contribution in [2.45, 2.75) is 31.8 Å². The van der Waals surface area contributed by atoms with Gasteiger partial charge in [-0.05, 0) is 25.0 Å². The van der Waals surface area contributed by atoms with Gasteiger partial charge in [-0.1, -0.05) is 18.2 Å². The van der Waals surface area contributed by atoms with E-state index < -0.39 is 0 Å². The highest BCUT2D eigenvalue weighted by molar-refractivity contribution is 5.94. The largest absolute Gasteiger partial charge is 0.337 e. The monoisotopic (exact) mass is 368 g/mol. The minimum atomic E-state index is -0.210. The van der Waals surface area contributed by atoms with Crippen LogP contribution in [-0.2, 0) is 13.0 Å². The summed E-state index contributed by atoms with van der Waals surface area (Å²) in [4.78, 5) is 26.8. The van der Waals surface area contributed by atoms with Gasteiger partial charge in [-0.3, -0.25) is 9.89 Å². The van der Waals surface area contributed by atoms with Crippen molar-refractivity contribution in [3.8, 4) is 0 Å². The topological polar surface area (TPSA) is 102 Å². The molecule has 8 heteroatoms. The number of nitrogens with zero attached hydrogens (tertiary/aromatic N) is 2. The first-order valence-electron chi connectivity index (χ1n) is 9.39. The van der Waals surface area contributed by atoms with Crippen LogP contribution in [0.5, 0.6) is 0 Å². The smallest absolute Gasteiger partial charge is 0.319 e. The van der Waals surface area contributed by atoms with Crippen LogP contribution < -0.4 is 16.0 Å². The molecule has 27 heavy (non-hydrogen) atoms. The average Bonchev–Trinajstić information content (AvgIpc) is 3.13. The Morgan fingerprint density at radius 3 is 2.70 bits per heavy atom. The van der Waals surface area contributed by atoms with Crippen molar-refractivity contribution in [3.63, 3.8) is 0 Å². The molecule has 0 atom stereocenters. The van der Waals surface area contributed by atoms with Crippen LogP contribution in [0.2, 0.25) is 0 Å². The Morgan fingerprint density at radius 2 is 1.93 bits per heavy atom. The van der Waals surface area contributed by atoms with Crippen molar-refractivity contribution in [1.82, 2.24) is 25.7 Å². The zero-order chi connectivity index (χ0) is 18.6. The molecule has 4 N–H and O–H groups in total. The molecule has 1 aromatic carbocycles. The lowest BCUT2D eigenvalue weighted by Gasteiger charge is -2.32. The summed E-state index contributed by atoms with van der Waals surface area (Å²) in [6.45, 7) is 2.82. The van der Waals surface area contributed by atoms with Crippen LogP contribution in [0.25, 0.3) is 0 Å². The lowest BCUT2D eigenvalue weighted by atomic mass is 10.0. The molecular weight excluding hydrogens is 344 g/mol. The first-order chi connectivity index (χ1) is 13.2. The standard InChI is InChI=1S/C19H24N6O2/c26-18(17-15-12-20-9-6-16(15)23-24-17)25-10-7-14(8-11-25)22-19(27)21-13-4-2-1-3-5-13/h1-5,14,20H,6-12H2,(H,23,24)(H2,21,22,27). The molecule has 0 spiro atoms. The summed E-state index contributed by atoms with van der Waals surface area (Å²) in [5.41, 5.74) is 3.35. The van der Waals surface area contributed by atoms with Crippen LogP contribution in [0.3, 0.4) is 0 Å². The Morgan fingerprint density at radius 1 is 1.15 bits per heavy atom. The van der Waals surface area contributed by atoms with Gasteiger partial charge in [0, 0.05) is 55.6 Å². The Labute approximate surface area is 157 Å². The Bertz CT molecular complexity index is 811. The van der Waals surface area contributed by atoms with E-state index in [-0.39, 0.29) is 18.0 Å². The number of rotatable bonds is 3. The fraction of sp³-hybridized carbons (Fsp3) is 0.421. The summed E-state index contributed by atoms with van der Waals surface area (Å²) < 4.78 is 0. The molecular formula is C19H24N6O2. The number of fused-ring (bicyclic) bond motifs is 1. The van der Waals surface area contributed by atoms with Crippen molar-refractivity contribution in [1.29, 1.82) is 0 Å². The van der Waals surface area contributed by atoms with Gasteiger partial charge in [0.15, 0.2) is 5.69 Å². The van der Waals surface area contributed by atoms with E-state index >= 15 is 0 Å². The molecule has 0 aliphatic carbocycles. The number of carbonyl (C=O) groups excluding carboxylic acids is 2. The van der Waals surface area contributed by atoms with Gasteiger partial charge in [0.05, 0.1) is 0 Å². The summed E-state index contributed by atoms with van der Waals surface area (Å²) in [5, 5.41) is 16.4. The maximum absolute atomic E-state index is 12.8. The van der Waals surface area contributed by atoms with Crippen molar-refractivity contribution < 1.29 is 9.59 Å². The number of anilines is 1. The van der Waals surface area contributed by atoms with Gasteiger partial charge in [0.2, 0.25) is 0 Å². The number of aromatic nitrogens is 2. The molecule has 2 aliphatic heterocycles. The van der Waals surface area contributed by atoms with Gasteiger partial charge < -0.3 is 20.9 Å². The molecule has 3 heterocycles. The first-order valence-corrected chi connectivity index (χ1v) is 9.39. The van der Waals surface area contributed by atoms with Gasteiger partial charge in [-0.2, -0.15) is 5.10 Å². The number of benzene rings is 1. The van der Waals surface area contributed by atoms with Crippen LogP contribution in [0.1, 0.15) is 34.6 Å². The summed E-state index contributed by atoms with van der Waals surface area (Å²) >= 11 is 0. The lowest BCUT2D eigenvalue weighted by molar-refractivity contribution is 0.0701. The third kappa shape index (κ3) is 3.95. The number of hydrogen-bond acceptors (Lipinski definition) is 4. The maximum Gasteiger partial charge on any atom is 0.319 e. The number of nitrogens with one attached hydrogen (secondary N) is 4. The highest BCUT2D eigenvalue weighted by Crippen LogP contribution is 2.19. The van der Waals surface area contributed by atoms with Crippen LogP contribution in [0.15, 0.2) is 30.3 Å². The Kier molecular flexibility index (Phi) is 5.06. The number of H-pyrrole nitrogens is 1. The van der Waals surface area contributed by atoms with E-state index in [9.17, 15) is 9.59 Å². The summed E-state index contributed by atoms with van der Waals surface area (Å²) in [5.74, 6) is -0.0246. The van der Waals surface area contributed by atoms with E-state index in [1.165, 1.54) is 0 Å². The van der Waals surface area contributed by atoms with Crippen LogP contribution in [0, 0.1) is 0 Å². The zero-order valence-corrected chi connectivity index (χ0v) is 15.1. The van der Waals surface area contributed by atoms with Crippen LogP contribution >= 0.6 is 0 Å². The molecule has 8 nitrogen and oxygen atoms in total. The molecule has 2 aromatic rings. The van der Waals surface area contributed by atoms with Gasteiger partial charge in [-0.25, -0.2) is 4.79 Å². The van der Waals surface area contributed by atoms with Gasteiger partial charge >= 0.3 is 6.03 Å². The third-order valence-corrected chi connectivity index (χ3v) is 5.16. The van der Waals surface area contributed by atoms with E-state index in [2.05, 4.69) is 26.1 Å². The predicted molar refractivity (Wildman–Crippen MR) is 102 cm³/mol. The second kappa shape index (κ2) is 7.79. The summed E-state index contributed by atoms with van der Waals surface area (Å²) in [6, 6.07) is 9.21. The Hall–Kier alpha value is -2.87. The normalized spacial score (nSPS) is 17.3. The van der Waals surface area contributed by atoms with E-state index in [0.29, 0.717) is 25.3 Å².